The molecule has 1 atom stereocenters. The fourth-order valence-electron chi connectivity index (χ4n) is 3.79. The number of hydrogen-bond donors (Lipinski definition) is 1. The molecular formula is C27H25Cl2N3O3. The summed E-state index contributed by atoms with van der Waals surface area (Å²) in [6, 6.07) is 20.5. The summed E-state index contributed by atoms with van der Waals surface area (Å²) in [5.41, 5.74) is 6.22. The number of aryl methyl sites for hydroxylation is 1. The summed E-state index contributed by atoms with van der Waals surface area (Å²) in [6.07, 6.45) is 2.64. The highest BCUT2D eigenvalue weighted by atomic mass is 35.5. The molecule has 3 aromatic carbocycles. The Morgan fingerprint density at radius 3 is 2.60 bits per heavy atom. The van der Waals surface area contributed by atoms with E-state index in [0.29, 0.717) is 28.9 Å². The zero-order valence-corrected chi connectivity index (χ0v) is 20.7. The summed E-state index contributed by atoms with van der Waals surface area (Å²) in [6.45, 7) is 2.75. The lowest BCUT2D eigenvalue weighted by molar-refractivity contribution is -0.126. The van der Waals surface area contributed by atoms with Gasteiger partial charge in [-0.05, 0) is 59.5 Å². The van der Waals surface area contributed by atoms with Gasteiger partial charge in [0.05, 0.1) is 22.2 Å². The van der Waals surface area contributed by atoms with Gasteiger partial charge in [0.1, 0.15) is 12.4 Å². The van der Waals surface area contributed by atoms with E-state index in [1.54, 1.807) is 23.2 Å². The quantitative estimate of drug-likeness (QED) is 0.315. The van der Waals surface area contributed by atoms with Gasteiger partial charge in [0.25, 0.3) is 0 Å². The number of hydrazone groups is 1. The van der Waals surface area contributed by atoms with Gasteiger partial charge >= 0.3 is 0 Å². The summed E-state index contributed by atoms with van der Waals surface area (Å²) < 4.78 is 5.82. The minimum Gasteiger partial charge on any atom is -0.489 e. The first kappa shape index (κ1) is 24.8. The number of nitrogens with zero attached hydrogens (tertiary/aromatic N) is 2. The van der Waals surface area contributed by atoms with Crippen LogP contribution in [-0.4, -0.2) is 24.6 Å². The Morgan fingerprint density at radius 1 is 1.09 bits per heavy atom. The molecular weight excluding hydrogens is 485 g/mol. The Morgan fingerprint density at radius 2 is 1.86 bits per heavy atom. The molecule has 0 radical (unpaired) electrons. The number of rotatable bonds is 8. The third-order valence-corrected chi connectivity index (χ3v) is 6.53. The molecule has 1 N–H and O–H groups in total. The molecule has 2 amide bonds. The summed E-state index contributed by atoms with van der Waals surface area (Å²) in [4.78, 5) is 26.7. The van der Waals surface area contributed by atoms with Crippen molar-refractivity contribution in [1.82, 2.24) is 5.43 Å². The van der Waals surface area contributed by atoms with E-state index in [1.807, 2.05) is 54.6 Å². The lowest BCUT2D eigenvalue weighted by Crippen LogP contribution is -2.30. The van der Waals surface area contributed by atoms with Crippen LogP contribution < -0.4 is 15.1 Å². The minimum atomic E-state index is -0.452. The van der Waals surface area contributed by atoms with Crippen molar-refractivity contribution in [3.63, 3.8) is 0 Å². The number of ether oxygens (including phenoxy) is 1. The average Bonchev–Trinajstić information content (AvgIpc) is 3.26. The smallest absolute Gasteiger partial charge is 0.245 e. The molecule has 0 aliphatic carbocycles. The summed E-state index contributed by atoms with van der Waals surface area (Å²) in [5.74, 6) is -0.150. The summed E-state index contributed by atoms with van der Waals surface area (Å²) in [5, 5.41) is 5.04. The van der Waals surface area contributed by atoms with Gasteiger partial charge < -0.3 is 9.64 Å². The largest absolute Gasteiger partial charge is 0.489 e. The van der Waals surface area contributed by atoms with Crippen molar-refractivity contribution in [3.05, 3.63) is 93.5 Å². The predicted molar refractivity (Wildman–Crippen MR) is 139 cm³/mol. The Balaban J connectivity index is 1.30. The normalized spacial score (nSPS) is 15.6. The second kappa shape index (κ2) is 11.4. The third kappa shape index (κ3) is 6.41. The summed E-state index contributed by atoms with van der Waals surface area (Å²) >= 11 is 12.0. The Labute approximate surface area is 214 Å². The average molecular weight is 510 g/mol. The Bertz CT molecular complexity index is 1240. The summed E-state index contributed by atoms with van der Waals surface area (Å²) in [7, 11) is 0. The van der Waals surface area contributed by atoms with Crippen molar-refractivity contribution in [2.24, 2.45) is 11.0 Å². The second-order valence-corrected chi connectivity index (χ2v) is 9.08. The van der Waals surface area contributed by atoms with Gasteiger partial charge in [0.15, 0.2) is 0 Å². The fourth-order valence-corrected chi connectivity index (χ4v) is 4.11. The van der Waals surface area contributed by atoms with Crippen LogP contribution in [0.1, 0.15) is 30.0 Å². The van der Waals surface area contributed by atoms with Gasteiger partial charge in [0.2, 0.25) is 11.8 Å². The van der Waals surface area contributed by atoms with Crippen LogP contribution in [0.3, 0.4) is 0 Å². The molecule has 8 heteroatoms. The first-order chi connectivity index (χ1) is 16.9. The van der Waals surface area contributed by atoms with E-state index in [0.717, 1.165) is 23.2 Å². The number of nitrogens with one attached hydrogen (secondary N) is 1. The Kier molecular flexibility index (Phi) is 8.06. The van der Waals surface area contributed by atoms with E-state index in [1.165, 1.54) is 5.56 Å². The van der Waals surface area contributed by atoms with Gasteiger partial charge in [0, 0.05) is 18.7 Å². The zero-order valence-electron chi connectivity index (χ0n) is 19.2. The predicted octanol–water partition coefficient (Wildman–Crippen LogP) is 5.64. The molecule has 1 saturated heterocycles. The van der Waals surface area contributed by atoms with E-state index in [2.05, 4.69) is 17.5 Å². The monoisotopic (exact) mass is 509 g/mol. The molecule has 0 aromatic heterocycles. The molecule has 3 aromatic rings. The van der Waals surface area contributed by atoms with Gasteiger partial charge in [-0.1, -0.05) is 60.5 Å². The lowest BCUT2D eigenvalue weighted by atomic mass is 10.1. The van der Waals surface area contributed by atoms with Crippen LogP contribution in [0.25, 0.3) is 0 Å². The van der Waals surface area contributed by atoms with Crippen molar-refractivity contribution >= 4 is 46.9 Å². The van der Waals surface area contributed by atoms with E-state index in [-0.39, 0.29) is 18.2 Å². The topological polar surface area (TPSA) is 71.0 Å². The highest BCUT2D eigenvalue weighted by Gasteiger charge is 2.35. The van der Waals surface area contributed by atoms with Crippen molar-refractivity contribution in [3.8, 4) is 5.75 Å². The maximum absolute atomic E-state index is 12.6. The second-order valence-electron chi connectivity index (χ2n) is 8.27. The molecule has 1 aliphatic heterocycles. The first-order valence-corrected chi connectivity index (χ1v) is 12.1. The van der Waals surface area contributed by atoms with Gasteiger partial charge in [-0.3, -0.25) is 9.59 Å². The van der Waals surface area contributed by atoms with Crippen LogP contribution in [-0.2, 0) is 22.6 Å². The molecule has 0 bridgehead atoms. The third-order valence-electron chi connectivity index (χ3n) is 5.79. The number of carbonyl (C=O) groups excluding carboxylic acids is 2. The minimum absolute atomic E-state index is 0.0646. The van der Waals surface area contributed by atoms with Gasteiger partial charge in [-0.25, -0.2) is 5.43 Å². The maximum atomic E-state index is 12.6. The molecule has 35 heavy (non-hydrogen) atoms. The van der Waals surface area contributed by atoms with Crippen molar-refractivity contribution in [2.75, 3.05) is 11.4 Å². The molecule has 1 aliphatic rings. The zero-order chi connectivity index (χ0) is 24.8. The molecule has 6 nitrogen and oxygen atoms in total. The lowest BCUT2D eigenvalue weighted by Gasteiger charge is -2.16. The fraction of sp³-hybridized carbons (Fsp3) is 0.222. The van der Waals surface area contributed by atoms with E-state index in [9.17, 15) is 9.59 Å². The van der Waals surface area contributed by atoms with Crippen molar-refractivity contribution in [2.45, 2.75) is 26.4 Å². The van der Waals surface area contributed by atoms with Crippen LogP contribution in [0.4, 0.5) is 5.69 Å². The first-order valence-electron chi connectivity index (χ1n) is 11.3. The number of amides is 2. The number of anilines is 1. The molecule has 1 heterocycles. The van der Waals surface area contributed by atoms with E-state index in [4.69, 9.17) is 27.9 Å². The van der Waals surface area contributed by atoms with Gasteiger partial charge in [-0.2, -0.15) is 5.10 Å². The molecule has 1 fully saturated rings. The van der Waals surface area contributed by atoms with Crippen LogP contribution in [0, 0.1) is 5.92 Å². The van der Waals surface area contributed by atoms with Crippen LogP contribution in [0.5, 0.6) is 5.75 Å². The number of halogens is 2. The van der Waals surface area contributed by atoms with Crippen LogP contribution in [0.2, 0.25) is 10.0 Å². The van der Waals surface area contributed by atoms with Crippen LogP contribution >= 0.6 is 23.2 Å². The van der Waals surface area contributed by atoms with Crippen LogP contribution in [0.15, 0.2) is 71.8 Å². The SMILES string of the molecule is CCc1ccc(N2C[C@@H](C(=O)N/N=C/c3cccc(OCc4ccc(Cl)c(Cl)c4)c3)CC2=O)cc1. The van der Waals surface area contributed by atoms with Gasteiger partial charge in [-0.15, -0.1) is 0 Å². The molecule has 0 unspecified atom stereocenters. The Hall–Kier alpha value is -3.35. The molecule has 4 rings (SSSR count). The van der Waals surface area contributed by atoms with Crippen molar-refractivity contribution < 1.29 is 14.3 Å². The highest BCUT2D eigenvalue weighted by Crippen LogP contribution is 2.26. The molecule has 0 spiro atoms. The number of benzene rings is 3. The van der Waals surface area contributed by atoms with Crippen molar-refractivity contribution in [1.29, 1.82) is 0 Å². The van der Waals surface area contributed by atoms with E-state index < -0.39 is 5.92 Å². The molecule has 0 saturated carbocycles. The molecule has 180 valence electrons. The number of hydrogen-bond acceptors (Lipinski definition) is 4. The maximum Gasteiger partial charge on any atom is 0.245 e. The highest BCUT2D eigenvalue weighted by molar-refractivity contribution is 6.42. The van der Waals surface area contributed by atoms with E-state index >= 15 is 0 Å². The number of carbonyl (C=O) groups is 2. The standard InChI is InChI=1S/C27H25Cl2N3O3/c1-2-18-6-9-22(10-7-18)32-16-21(14-26(32)33)27(34)31-30-15-19-4-3-5-23(12-19)35-17-20-8-11-24(28)25(29)13-20/h3-13,15,21H,2,14,16-17H2,1H3,(H,31,34)/b30-15+/t21-/m0/s1.